The van der Waals surface area contributed by atoms with Gasteiger partial charge in [-0.15, -0.1) is 24.9 Å². The van der Waals surface area contributed by atoms with E-state index in [9.17, 15) is 23.1 Å². The molecule has 0 radical (unpaired) electrons. The van der Waals surface area contributed by atoms with Gasteiger partial charge in [-0.3, -0.25) is 4.79 Å². The van der Waals surface area contributed by atoms with Crippen LogP contribution in [0, 0.1) is 0 Å². The van der Waals surface area contributed by atoms with Crippen molar-refractivity contribution in [3.05, 3.63) is 102 Å². The number of thioether (sulfide) groups is 1. The highest BCUT2D eigenvalue weighted by molar-refractivity contribution is 8.00. The zero-order chi connectivity index (χ0) is 22.5. The first-order valence-electron chi connectivity index (χ1n) is 9.32. The van der Waals surface area contributed by atoms with Gasteiger partial charge in [0.25, 0.3) is 0 Å². The molecule has 0 amide bonds. The normalized spacial score (nSPS) is 12.9. The van der Waals surface area contributed by atoms with Crippen molar-refractivity contribution in [1.29, 1.82) is 0 Å². The molecule has 3 aromatic rings. The Morgan fingerprint density at radius 3 is 1.87 bits per heavy atom. The van der Waals surface area contributed by atoms with Crippen LogP contribution in [0.25, 0.3) is 0 Å². The predicted octanol–water partition coefficient (Wildman–Crippen LogP) is 5.02. The fraction of sp³-hybridized carbons (Fsp3) is 0.174. The van der Waals surface area contributed by atoms with Gasteiger partial charge in [-0.25, -0.2) is 0 Å². The van der Waals surface area contributed by atoms with Crippen molar-refractivity contribution < 1.29 is 27.8 Å². The molecule has 3 aromatic carbocycles. The van der Waals surface area contributed by atoms with Crippen molar-refractivity contribution >= 4 is 17.7 Å². The second kappa shape index (κ2) is 9.45. The minimum atomic E-state index is -4.89. The highest BCUT2D eigenvalue weighted by Crippen LogP contribution is 2.51. The van der Waals surface area contributed by atoms with Gasteiger partial charge < -0.3 is 15.6 Å². The molecule has 3 N–H and O–H groups in total. The number of ether oxygens (including phenoxy) is 1. The average molecular weight is 447 g/mol. The Morgan fingerprint density at radius 1 is 0.903 bits per heavy atom. The molecule has 0 heterocycles. The molecule has 0 aliphatic rings. The predicted molar refractivity (Wildman–Crippen MR) is 114 cm³/mol. The molecule has 31 heavy (non-hydrogen) atoms. The van der Waals surface area contributed by atoms with E-state index in [0.29, 0.717) is 11.1 Å². The van der Waals surface area contributed by atoms with E-state index in [2.05, 4.69) is 4.74 Å². The molecule has 0 aromatic heterocycles. The van der Waals surface area contributed by atoms with Gasteiger partial charge in [0.1, 0.15) is 11.8 Å². The fourth-order valence-corrected chi connectivity index (χ4v) is 4.83. The number of nitrogens with two attached hydrogens (primary N) is 1. The molecule has 0 spiro atoms. The van der Waals surface area contributed by atoms with E-state index in [4.69, 9.17) is 5.73 Å². The summed E-state index contributed by atoms with van der Waals surface area (Å²) in [6.45, 7) is 0. The number of halogens is 3. The lowest BCUT2D eigenvalue weighted by Crippen LogP contribution is -2.36. The van der Waals surface area contributed by atoms with Gasteiger partial charge in [0.2, 0.25) is 0 Å². The SMILES string of the molecule is N[C@@H](CSC(c1ccccc1)(c1ccccc1)c1ccccc1OC(F)(F)F)C(=O)O. The first kappa shape index (κ1) is 22.7. The lowest BCUT2D eigenvalue weighted by Gasteiger charge is -2.37. The number of alkyl halides is 3. The fourth-order valence-electron chi connectivity index (χ4n) is 3.33. The third kappa shape index (κ3) is 5.21. The third-order valence-electron chi connectivity index (χ3n) is 4.65. The number of carboxylic acids is 1. The van der Waals surface area contributed by atoms with Gasteiger partial charge in [0.05, 0.1) is 4.75 Å². The molecule has 162 valence electrons. The van der Waals surface area contributed by atoms with Crippen LogP contribution in [0.1, 0.15) is 16.7 Å². The number of carboxylic acid groups (broad SMARTS) is 1. The molecule has 0 aliphatic heterocycles. The standard InChI is InChI=1S/C23H20F3NO3S/c24-23(25,26)30-20-14-8-7-13-18(20)22(16-9-3-1-4-10-16,17-11-5-2-6-12-17)31-15-19(27)21(28)29/h1-14,19H,15,27H2,(H,28,29)/t19-/m0/s1. The number of aliphatic carboxylic acids is 1. The maximum absolute atomic E-state index is 13.2. The zero-order valence-corrected chi connectivity index (χ0v) is 17.1. The third-order valence-corrected chi connectivity index (χ3v) is 6.30. The summed E-state index contributed by atoms with van der Waals surface area (Å²) in [6, 6.07) is 22.5. The van der Waals surface area contributed by atoms with E-state index in [1.807, 2.05) is 0 Å². The lowest BCUT2D eigenvalue weighted by molar-refractivity contribution is -0.275. The molecule has 0 unspecified atom stereocenters. The monoisotopic (exact) mass is 447 g/mol. The number of benzene rings is 3. The van der Waals surface area contributed by atoms with Gasteiger partial charge in [-0.1, -0.05) is 78.9 Å². The van der Waals surface area contributed by atoms with Gasteiger partial charge in [0, 0.05) is 11.3 Å². The summed E-state index contributed by atoms with van der Waals surface area (Å²) in [5, 5.41) is 9.29. The van der Waals surface area contributed by atoms with E-state index >= 15 is 0 Å². The molecule has 3 rings (SSSR count). The van der Waals surface area contributed by atoms with E-state index in [1.54, 1.807) is 72.8 Å². The van der Waals surface area contributed by atoms with Crippen molar-refractivity contribution in [3.63, 3.8) is 0 Å². The summed E-state index contributed by atoms with van der Waals surface area (Å²) in [5.74, 6) is -1.60. The summed E-state index contributed by atoms with van der Waals surface area (Å²) in [7, 11) is 0. The van der Waals surface area contributed by atoms with Gasteiger partial charge in [-0.2, -0.15) is 0 Å². The molecule has 0 bridgehead atoms. The molecule has 0 fully saturated rings. The van der Waals surface area contributed by atoms with Crippen LogP contribution < -0.4 is 10.5 Å². The van der Waals surface area contributed by atoms with Crippen molar-refractivity contribution in [2.45, 2.75) is 17.2 Å². The molecule has 0 saturated carbocycles. The molecule has 4 nitrogen and oxygen atoms in total. The number of rotatable bonds is 8. The summed E-state index contributed by atoms with van der Waals surface area (Å²) < 4.78 is 42.8. The number of hydrogen-bond acceptors (Lipinski definition) is 4. The first-order valence-corrected chi connectivity index (χ1v) is 10.3. The quantitative estimate of drug-likeness (QED) is 0.475. The first-order chi connectivity index (χ1) is 14.7. The maximum atomic E-state index is 13.2. The molecular weight excluding hydrogens is 427 g/mol. The smallest absolute Gasteiger partial charge is 0.480 e. The van der Waals surface area contributed by atoms with Gasteiger partial charge in [0.15, 0.2) is 0 Å². The Hall–Kier alpha value is -2.97. The Bertz CT molecular complexity index is 974. The molecule has 0 aliphatic carbocycles. The van der Waals surface area contributed by atoms with E-state index < -0.39 is 23.1 Å². The van der Waals surface area contributed by atoms with E-state index in [1.165, 1.54) is 12.1 Å². The van der Waals surface area contributed by atoms with Crippen LogP contribution in [0.15, 0.2) is 84.9 Å². The Morgan fingerprint density at radius 2 is 1.39 bits per heavy atom. The van der Waals surface area contributed by atoms with Crippen LogP contribution in [0.2, 0.25) is 0 Å². The van der Waals surface area contributed by atoms with Crippen LogP contribution in [0.3, 0.4) is 0 Å². The second-order valence-corrected chi connectivity index (χ2v) is 7.95. The molecule has 0 saturated heterocycles. The minimum absolute atomic E-state index is 0.0422. The van der Waals surface area contributed by atoms with Crippen LogP contribution in [0.4, 0.5) is 13.2 Å². The van der Waals surface area contributed by atoms with E-state index in [-0.39, 0.29) is 17.1 Å². The van der Waals surface area contributed by atoms with Gasteiger partial charge >= 0.3 is 12.3 Å². The summed E-state index contributed by atoms with van der Waals surface area (Å²) in [4.78, 5) is 11.4. The van der Waals surface area contributed by atoms with Crippen molar-refractivity contribution in [2.75, 3.05) is 5.75 Å². The Balaban J connectivity index is 2.29. The number of carbonyl (C=O) groups is 1. The summed E-state index contributed by atoms with van der Waals surface area (Å²) in [5.41, 5.74) is 7.35. The van der Waals surface area contributed by atoms with E-state index in [0.717, 1.165) is 11.8 Å². The Labute approximate surface area is 181 Å². The van der Waals surface area contributed by atoms with Crippen LogP contribution in [-0.4, -0.2) is 29.2 Å². The van der Waals surface area contributed by atoms with Crippen molar-refractivity contribution in [3.8, 4) is 5.75 Å². The van der Waals surface area contributed by atoms with Crippen molar-refractivity contribution in [2.24, 2.45) is 5.73 Å². The minimum Gasteiger partial charge on any atom is -0.480 e. The van der Waals surface area contributed by atoms with Gasteiger partial charge in [-0.05, 0) is 17.2 Å². The molecule has 1 atom stereocenters. The summed E-state index contributed by atoms with van der Waals surface area (Å²) >= 11 is 1.15. The number of para-hydroxylation sites is 1. The number of hydrogen-bond donors (Lipinski definition) is 2. The van der Waals surface area contributed by atoms with Crippen LogP contribution in [0.5, 0.6) is 5.75 Å². The van der Waals surface area contributed by atoms with Crippen LogP contribution >= 0.6 is 11.8 Å². The molecular formula is C23H20F3NO3S. The molecule has 8 heteroatoms. The summed E-state index contributed by atoms with van der Waals surface area (Å²) in [6.07, 6.45) is -4.89. The lowest BCUT2D eigenvalue weighted by atomic mass is 9.83. The zero-order valence-electron chi connectivity index (χ0n) is 16.3. The highest BCUT2D eigenvalue weighted by atomic mass is 32.2. The maximum Gasteiger partial charge on any atom is 0.573 e. The largest absolute Gasteiger partial charge is 0.573 e. The topological polar surface area (TPSA) is 72.5 Å². The highest BCUT2D eigenvalue weighted by Gasteiger charge is 2.42. The second-order valence-electron chi connectivity index (χ2n) is 6.71. The Kier molecular flexibility index (Phi) is 6.92. The van der Waals surface area contributed by atoms with Crippen molar-refractivity contribution in [1.82, 2.24) is 0 Å². The van der Waals surface area contributed by atoms with Crippen LogP contribution in [-0.2, 0) is 9.54 Å². The average Bonchev–Trinajstić information content (AvgIpc) is 2.75.